The molecular weight excluding hydrogens is 322 g/mol. The van der Waals surface area contributed by atoms with Crippen LogP contribution in [0, 0.1) is 13.8 Å². The number of fused-ring (bicyclic) bond motifs is 1. The SMILES string of the molecule is CCc1ccc(-n2c(-c3cccnc3N)nc3c(C)cc(C)nc32)cc1. The normalized spacial score (nSPS) is 11.2. The first-order valence-corrected chi connectivity index (χ1v) is 8.75. The number of pyridine rings is 2. The molecule has 5 heteroatoms. The smallest absolute Gasteiger partial charge is 0.165 e. The molecule has 3 aromatic heterocycles. The number of hydrogen-bond acceptors (Lipinski definition) is 4. The molecule has 3 heterocycles. The Morgan fingerprint density at radius 1 is 1.04 bits per heavy atom. The van der Waals surface area contributed by atoms with Gasteiger partial charge in [0.25, 0.3) is 0 Å². The lowest BCUT2D eigenvalue weighted by Crippen LogP contribution is -2.02. The van der Waals surface area contributed by atoms with Crippen molar-refractivity contribution < 1.29 is 0 Å². The minimum Gasteiger partial charge on any atom is -0.383 e. The highest BCUT2D eigenvalue weighted by atomic mass is 15.1. The van der Waals surface area contributed by atoms with E-state index in [9.17, 15) is 0 Å². The number of aryl methyl sites for hydroxylation is 3. The molecule has 0 unspecified atom stereocenters. The molecule has 4 aromatic rings. The quantitative estimate of drug-likeness (QED) is 0.604. The van der Waals surface area contributed by atoms with Gasteiger partial charge < -0.3 is 5.73 Å². The minimum atomic E-state index is 0.462. The average Bonchev–Trinajstić information content (AvgIpc) is 3.01. The van der Waals surface area contributed by atoms with Crippen LogP contribution >= 0.6 is 0 Å². The van der Waals surface area contributed by atoms with Gasteiger partial charge in [-0.15, -0.1) is 0 Å². The number of rotatable bonds is 3. The summed E-state index contributed by atoms with van der Waals surface area (Å²) in [6, 6.07) is 14.4. The van der Waals surface area contributed by atoms with Crippen LogP contribution < -0.4 is 5.73 Å². The Bertz CT molecular complexity index is 1090. The molecule has 2 N–H and O–H groups in total. The predicted molar refractivity (Wildman–Crippen MR) is 105 cm³/mol. The molecule has 0 saturated heterocycles. The van der Waals surface area contributed by atoms with Gasteiger partial charge in [0.2, 0.25) is 0 Å². The van der Waals surface area contributed by atoms with Crippen molar-refractivity contribution in [2.24, 2.45) is 0 Å². The second kappa shape index (κ2) is 6.26. The third kappa shape index (κ3) is 2.62. The summed E-state index contributed by atoms with van der Waals surface area (Å²) in [4.78, 5) is 13.9. The maximum Gasteiger partial charge on any atom is 0.165 e. The van der Waals surface area contributed by atoms with Crippen molar-refractivity contribution in [3.63, 3.8) is 0 Å². The van der Waals surface area contributed by atoms with Crippen LogP contribution in [0.4, 0.5) is 5.82 Å². The van der Waals surface area contributed by atoms with E-state index in [1.165, 1.54) is 5.56 Å². The summed E-state index contributed by atoms with van der Waals surface area (Å²) < 4.78 is 2.07. The van der Waals surface area contributed by atoms with E-state index < -0.39 is 0 Å². The summed E-state index contributed by atoms with van der Waals surface area (Å²) >= 11 is 0. The maximum absolute atomic E-state index is 6.15. The minimum absolute atomic E-state index is 0.462. The molecule has 26 heavy (non-hydrogen) atoms. The van der Waals surface area contributed by atoms with Gasteiger partial charge in [0.15, 0.2) is 11.5 Å². The number of benzene rings is 1. The Hall–Kier alpha value is -3.21. The molecule has 0 bridgehead atoms. The monoisotopic (exact) mass is 343 g/mol. The molecule has 0 fully saturated rings. The fraction of sp³-hybridized carbons (Fsp3) is 0.190. The number of aromatic nitrogens is 4. The summed E-state index contributed by atoms with van der Waals surface area (Å²) in [5.41, 5.74) is 13.0. The van der Waals surface area contributed by atoms with Crippen molar-refractivity contribution >= 4 is 17.0 Å². The van der Waals surface area contributed by atoms with E-state index in [-0.39, 0.29) is 0 Å². The van der Waals surface area contributed by atoms with Crippen LogP contribution in [0.3, 0.4) is 0 Å². The maximum atomic E-state index is 6.15. The number of nitrogen functional groups attached to an aromatic ring is 1. The molecule has 0 amide bonds. The zero-order valence-corrected chi connectivity index (χ0v) is 15.2. The van der Waals surface area contributed by atoms with Crippen LogP contribution in [0.1, 0.15) is 23.7 Å². The second-order valence-electron chi connectivity index (χ2n) is 6.48. The van der Waals surface area contributed by atoms with Gasteiger partial charge in [-0.1, -0.05) is 19.1 Å². The van der Waals surface area contributed by atoms with Crippen LogP contribution in [0.5, 0.6) is 0 Å². The second-order valence-corrected chi connectivity index (χ2v) is 6.48. The van der Waals surface area contributed by atoms with Crippen molar-refractivity contribution in [2.45, 2.75) is 27.2 Å². The lowest BCUT2D eigenvalue weighted by atomic mass is 10.1. The van der Waals surface area contributed by atoms with E-state index >= 15 is 0 Å². The Kier molecular flexibility index (Phi) is 3.92. The number of imidazole rings is 1. The highest BCUT2D eigenvalue weighted by Crippen LogP contribution is 2.31. The number of anilines is 1. The van der Waals surface area contributed by atoms with E-state index in [0.29, 0.717) is 5.82 Å². The van der Waals surface area contributed by atoms with Gasteiger partial charge in [0.1, 0.15) is 11.3 Å². The summed E-state index contributed by atoms with van der Waals surface area (Å²) in [6.07, 6.45) is 2.69. The van der Waals surface area contributed by atoms with Crippen molar-refractivity contribution in [1.29, 1.82) is 0 Å². The number of nitrogens with two attached hydrogens (primary N) is 1. The van der Waals surface area contributed by atoms with Gasteiger partial charge in [0, 0.05) is 17.6 Å². The third-order valence-electron chi connectivity index (χ3n) is 4.62. The third-order valence-corrected chi connectivity index (χ3v) is 4.62. The molecule has 4 rings (SSSR count). The molecule has 1 aromatic carbocycles. The Balaban J connectivity index is 2.07. The van der Waals surface area contributed by atoms with Gasteiger partial charge in [-0.3, -0.25) is 4.57 Å². The van der Waals surface area contributed by atoms with Gasteiger partial charge in [-0.2, -0.15) is 0 Å². The van der Waals surface area contributed by atoms with E-state index in [1.807, 2.05) is 19.1 Å². The van der Waals surface area contributed by atoms with Crippen LogP contribution in [0.25, 0.3) is 28.2 Å². The summed E-state index contributed by atoms with van der Waals surface area (Å²) in [5.74, 6) is 1.22. The lowest BCUT2D eigenvalue weighted by Gasteiger charge is -2.11. The van der Waals surface area contributed by atoms with Crippen LogP contribution in [-0.4, -0.2) is 19.5 Å². The largest absolute Gasteiger partial charge is 0.383 e. The molecule has 0 radical (unpaired) electrons. The van der Waals surface area contributed by atoms with Crippen LogP contribution in [-0.2, 0) is 6.42 Å². The van der Waals surface area contributed by atoms with E-state index in [2.05, 4.69) is 53.7 Å². The first-order valence-electron chi connectivity index (χ1n) is 8.75. The molecule has 0 atom stereocenters. The van der Waals surface area contributed by atoms with E-state index in [0.717, 1.165) is 45.9 Å². The highest BCUT2D eigenvalue weighted by molar-refractivity contribution is 5.84. The van der Waals surface area contributed by atoms with Crippen LogP contribution in [0.15, 0.2) is 48.7 Å². The Morgan fingerprint density at radius 3 is 2.50 bits per heavy atom. The fourth-order valence-corrected chi connectivity index (χ4v) is 3.27. The average molecular weight is 343 g/mol. The summed E-state index contributed by atoms with van der Waals surface area (Å²) in [5, 5.41) is 0. The Labute approximate surface area is 152 Å². The molecule has 0 spiro atoms. The van der Waals surface area contributed by atoms with Crippen LogP contribution in [0.2, 0.25) is 0 Å². The predicted octanol–water partition coefficient (Wildman–Crippen LogP) is 4.24. The molecular formula is C21H21N5. The van der Waals surface area contributed by atoms with Crippen molar-refractivity contribution in [3.05, 3.63) is 65.5 Å². The molecule has 130 valence electrons. The van der Waals surface area contributed by atoms with Crippen molar-refractivity contribution in [2.75, 3.05) is 5.73 Å². The molecule has 0 aliphatic heterocycles. The molecule has 0 aliphatic carbocycles. The van der Waals surface area contributed by atoms with Gasteiger partial charge in [-0.05, 0) is 61.7 Å². The molecule has 0 aliphatic rings. The topological polar surface area (TPSA) is 69.6 Å². The summed E-state index contributed by atoms with van der Waals surface area (Å²) in [7, 11) is 0. The first-order chi connectivity index (χ1) is 12.6. The zero-order chi connectivity index (χ0) is 18.3. The summed E-state index contributed by atoms with van der Waals surface area (Å²) in [6.45, 7) is 6.21. The Morgan fingerprint density at radius 2 is 1.81 bits per heavy atom. The van der Waals surface area contributed by atoms with E-state index in [1.54, 1.807) is 6.20 Å². The zero-order valence-electron chi connectivity index (χ0n) is 15.2. The molecule has 5 nitrogen and oxygen atoms in total. The number of hydrogen-bond donors (Lipinski definition) is 1. The standard InChI is InChI=1S/C21H21N5/c1-4-15-7-9-16(10-8-15)26-20(17-6-5-11-23-19(17)22)25-18-13(2)12-14(3)24-21(18)26/h5-12H,4H2,1-3H3,(H2,22,23). The van der Waals surface area contributed by atoms with Gasteiger partial charge in [-0.25, -0.2) is 15.0 Å². The highest BCUT2D eigenvalue weighted by Gasteiger charge is 2.19. The van der Waals surface area contributed by atoms with Gasteiger partial charge >= 0.3 is 0 Å². The van der Waals surface area contributed by atoms with Crippen molar-refractivity contribution in [1.82, 2.24) is 19.5 Å². The lowest BCUT2D eigenvalue weighted by molar-refractivity contribution is 1.05. The first kappa shape index (κ1) is 16.3. The fourth-order valence-electron chi connectivity index (χ4n) is 3.27. The van der Waals surface area contributed by atoms with Crippen molar-refractivity contribution in [3.8, 4) is 17.1 Å². The van der Waals surface area contributed by atoms with Gasteiger partial charge in [0.05, 0.1) is 5.56 Å². The number of nitrogens with zero attached hydrogens (tertiary/aromatic N) is 4. The molecule has 0 saturated carbocycles. The van der Waals surface area contributed by atoms with E-state index in [4.69, 9.17) is 15.7 Å².